The van der Waals surface area contributed by atoms with Gasteiger partial charge in [-0.3, -0.25) is 4.79 Å². The topological polar surface area (TPSA) is 29.1 Å². The molecule has 0 unspecified atom stereocenters. The van der Waals surface area contributed by atoms with Crippen molar-refractivity contribution in [1.29, 1.82) is 0 Å². The largest absolute Gasteiger partial charge is 0.348 e. The van der Waals surface area contributed by atoms with Crippen LogP contribution in [-0.2, 0) is 4.79 Å². The van der Waals surface area contributed by atoms with Crippen LogP contribution in [0.2, 0.25) is 0 Å². The van der Waals surface area contributed by atoms with Gasteiger partial charge < -0.3 is 5.32 Å². The quantitative estimate of drug-likeness (QED) is 0.415. The Labute approximate surface area is 42.9 Å². The van der Waals surface area contributed by atoms with Crippen molar-refractivity contribution in [3.05, 3.63) is 0 Å². The minimum absolute atomic E-state index is 0.234. The Morgan fingerprint density at radius 1 is 1.71 bits per heavy atom. The molecule has 0 bridgehead atoms. The highest BCUT2D eigenvalue weighted by Crippen LogP contribution is 1.53. The first-order chi connectivity index (χ1) is 3.31. The van der Waals surface area contributed by atoms with E-state index in [2.05, 4.69) is 17.2 Å². The van der Waals surface area contributed by atoms with Crippen molar-refractivity contribution in [2.24, 2.45) is 0 Å². The fourth-order valence-corrected chi connectivity index (χ4v) is 0.176. The maximum atomic E-state index is 10.1. The van der Waals surface area contributed by atoms with Gasteiger partial charge in [-0.05, 0) is 12.8 Å². The van der Waals surface area contributed by atoms with Crippen molar-refractivity contribution in [3.63, 3.8) is 0 Å². The molecule has 0 rings (SSSR count). The lowest BCUT2D eigenvalue weighted by molar-refractivity contribution is -0.115. The van der Waals surface area contributed by atoms with Gasteiger partial charge in [0.25, 0.3) is 5.91 Å². The third-order valence-electron chi connectivity index (χ3n) is 0.466. The number of carbonyl (C=O) groups is 1. The molecule has 38 valence electrons. The zero-order valence-corrected chi connectivity index (χ0v) is 4.41. The molecule has 7 heavy (non-hydrogen) atoms. The molecule has 0 saturated carbocycles. The Morgan fingerprint density at radius 3 is 2.43 bits per heavy atom. The summed E-state index contributed by atoms with van der Waals surface area (Å²) in [5, 5.41) is 2.35. The summed E-state index contributed by atoms with van der Waals surface area (Å²) in [4.78, 5) is 10.1. The number of hydrogen-bond donors (Lipinski definition) is 1. The molecule has 0 aromatic carbocycles. The van der Waals surface area contributed by atoms with Crippen molar-refractivity contribution in [1.82, 2.24) is 5.32 Å². The first kappa shape index (κ1) is 6.03. The van der Waals surface area contributed by atoms with E-state index in [9.17, 15) is 4.79 Å². The van der Waals surface area contributed by atoms with Crippen molar-refractivity contribution >= 4 is 5.91 Å². The lowest BCUT2D eigenvalue weighted by Crippen LogP contribution is -2.14. The van der Waals surface area contributed by atoms with Gasteiger partial charge in [-0.25, -0.2) is 0 Å². The van der Waals surface area contributed by atoms with Gasteiger partial charge in [0.2, 0.25) is 0 Å². The van der Waals surface area contributed by atoms with Gasteiger partial charge in [-0.15, -0.1) is 0 Å². The van der Waals surface area contributed by atoms with E-state index in [1.54, 1.807) is 14.0 Å². The lowest BCUT2D eigenvalue weighted by Gasteiger charge is -1.80. The number of hydrogen-bond acceptors (Lipinski definition) is 1. The summed E-state index contributed by atoms with van der Waals surface area (Å²) in [6, 6.07) is 0. The van der Waals surface area contributed by atoms with E-state index in [-0.39, 0.29) is 5.91 Å². The van der Waals surface area contributed by atoms with Crippen LogP contribution in [0.25, 0.3) is 0 Å². The molecule has 0 aliphatic rings. The smallest absolute Gasteiger partial charge is 0.295 e. The predicted octanol–water partition coefficient (Wildman–Crippen LogP) is -0.244. The summed E-state index contributed by atoms with van der Waals surface area (Å²) < 4.78 is 0. The predicted molar refractivity (Wildman–Crippen MR) is 27.5 cm³/mol. The molecule has 1 amide bonds. The molecule has 2 nitrogen and oxygen atoms in total. The zero-order chi connectivity index (χ0) is 5.70. The molecule has 0 heterocycles. The number of rotatable bonds is 0. The first-order valence-corrected chi connectivity index (χ1v) is 1.95. The minimum atomic E-state index is -0.234. The van der Waals surface area contributed by atoms with Crippen molar-refractivity contribution < 1.29 is 4.79 Å². The zero-order valence-electron chi connectivity index (χ0n) is 4.41. The van der Waals surface area contributed by atoms with Crippen LogP contribution >= 0.6 is 0 Å². The van der Waals surface area contributed by atoms with Crippen LogP contribution < -0.4 is 5.32 Å². The molecule has 0 aliphatic heterocycles. The van der Waals surface area contributed by atoms with Crippen LogP contribution in [0, 0.1) is 11.8 Å². The van der Waals surface area contributed by atoms with Gasteiger partial charge in [-0.1, -0.05) is 5.92 Å². The van der Waals surface area contributed by atoms with E-state index in [4.69, 9.17) is 0 Å². The standard InChI is InChI=1S/C5H7NO/c1-3-4-5(7)6-2/h1-2H3,(H,6,7). The van der Waals surface area contributed by atoms with Crippen molar-refractivity contribution in [2.45, 2.75) is 6.92 Å². The summed E-state index contributed by atoms with van der Waals surface area (Å²) in [7, 11) is 1.55. The fraction of sp³-hybridized carbons (Fsp3) is 0.400. The molecule has 0 atom stereocenters. The third-order valence-corrected chi connectivity index (χ3v) is 0.466. The van der Waals surface area contributed by atoms with Crippen LogP contribution in [0.15, 0.2) is 0 Å². The monoisotopic (exact) mass is 97.1 g/mol. The van der Waals surface area contributed by atoms with Crippen LogP contribution in [0.1, 0.15) is 6.92 Å². The molecule has 1 N–H and O–H groups in total. The molecule has 0 aromatic rings. The van der Waals surface area contributed by atoms with Gasteiger partial charge in [0, 0.05) is 7.05 Å². The van der Waals surface area contributed by atoms with Crippen LogP contribution in [-0.4, -0.2) is 13.0 Å². The van der Waals surface area contributed by atoms with Crippen LogP contribution in [0.4, 0.5) is 0 Å². The van der Waals surface area contributed by atoms with Gasteiger partial charge in [0.1, 0.15) is 0 Å². The maximum absolute atomic E-state index is 10.1. The molecule has 0 aromatic heterocycles. The third kappa shape index (κ3) is 2.84. The van der Waals surface area contributed by atoms with Crippen molar-refractivity contribution in [2.75, 3.05) is 7.05 Å². The minimum Gasteiger partial charge on any atom is -0.348 e. The highest BCUT2D eigenvalue weighted by molar-refractivity contribution is 5.93. The Bertz CT molecular complexity index is 118. The van der Waals surface area contributed by atoms with Crippen molar-refractivity contribution in [3.8, 4) is 11.8 Å². The summed E-state index contributed by atoms with van der Waals surface area (Å²) in [6.45, 7) is 1.62. The summed E-state index contributed by atoms with van der Waals surface area (Å²) in [5.74, 6) is 4.52. The second kappa shape index (κ2) is 3.23. The normalized spacial score (nSPS) is 6.00. The fourth-order valence-electron chi connectivity index (χ4n) is 0.176. The Hall–Kier alpha value is -0.970. The van der Waals surface area contributed by atoms with E-state index in [1.165, 1.54) is 0 Å². The summed E-state index contributed by atoms with van der Waals surface area (Å²) >= 11 is 0. The lowest BCUT2D eigenvalue weighted by atomic mass is 10.6. The van der Waals surface area contributed by atoms with Gasteiger partial charge >= 0.3 is 0 Å². The SMILES string of the molecule is CC#CC(=O)NC. The Kier molecular flexibility index (Phi) is 2.78. The average molecular weight is 97.1 g/mol. The van der Waals surface area contributed by atoms with Crippen LogP contribution in [0.3, 0.4) is 0 Å². The van der Waals surface area contributed by atoms with Gasteiger partial charge in [0.05, 0.1) is 0 Å². The van der Waals surface area contributed by atoms with Gasteiger partial charge in [-0.2, -0.15) is 0 Å². The maximum Gasteiger partial charge on any atom is 0.295 e. The van der Waals surface area contributed by atoms with E-state index >= 15 is 0 Å². The number of nitrogens with one attached hydrogen (secondary N) is 1. The highest BCUT2D eigenvalue weighted by atomic mass is 16.1. The van der Waals surface area contributed by atoms with E-state index in [0.717, 1.165) is 0 Å². The van der Waals surface area contributed by atoms with Gasteiger partial charge in [0.15, 0.2) is 0 Å². The summed E-state index contributed by atoms with van der Waals surface area (Å²) in [5.41, 5.74) is 0. The molecular formula is C5H7NO. The summed E-state index contributed by atoms with van der Waals surface area (Å²) in [6.07, 6.45) is 0. The molecular weight excluding hydrogens is 90.1 g/mol. The Balaban J connectivity index is 3.52. The molecule has 0 fully saturated rings. The van der Waals surface area contributed by atoms with E-state index in [1.807, 2.05) is 0 Å². The van der Waals surface area contributed by atoms with Crippen LogP contribution in [0.5, 0.6) is 0 Å². The Morgan fingerprint density at radius 2 is 2.29 bits per heavy atom. The molecule has 0 radical (unpaired) electrons. The average Bonchev–Trinajstić information content (AvgIpc) is 1.68. The molecule has 0 aliphatic carbocycles. The molecule has 0 spiro atoms. The number of amides is 1. The van der Waals surface area contributed by atoms with E-state index in [0.29, 0.717) is 0 Å². The van der Waals surface area contributed by atoms with E-state index < -0.39 is 0 Å². The molecule has 0 saturated heterocycles. The number of carbonyl (C=O) groups excluding carboxylic acids is 1. The first-order valence-electron chi connectivity index (χ1n) is 1.95. The molecule has 2 heteroatoms. The second-order valence-corrected chi connectivity index (χ2v) is 0.954. The highest BCUT2D eigenvalue weighted by Gasteiger charge is 1.81. The second-order valence-electron chi connectivity index (χ2n) is 0.954.